The van der Waals surface area contributed by atoms with Crippen LogP contribution < -0.4 is 10.2 Å². The lowest BCUT2D eigenvalue weighted by Gasteiger charge is -2.40. The summed E-state index contributed by atoms with van der Waals surface area (Å²) in [5.74, 6) is 0.359. The first-order valence-corrected chi connectivity index (χ1v) is 18.0. The van der Waals surface area contributed by atoms with Crippen molar-refractivity contribution in [3.63, 3.8) is 0 Å². The van der Waals surface area contributed by atoms with Crippen LogP contribution in [0.5, 0.6) is 0 Å². The lowest BCUT2D eigenvalue weighted by Crippen LogP contribution is -2.47. The average molecular weight is 623 g/mol. The van der Waals surface area contributed by atoms with E-state index in [-0.39, 0.29) is 11.8 Å². The number of carbonyl (C=O) groups excluding carboxylic acids is 2. The molecule has 3 aliphatic heterocycles. The number of fused-ring (bicyclic) bond motifs is 3. The number of amides is 2. The van der Waals surface area contributed by atoms with Gasteiger partial charge in [-0.3, -0.25) is 14.5 Å². The second kappa shape index (κ2) is 13.2. The molecule has 7 heteroatoms. The Morgan fingerprint density at radius 3 is 2.27 bits per heavy atom. The molecule has 7 rings (SSSR count). The third-order valence-corrected chi connectivity index (χ3v) is 11.7. The second-order valence-corrected chi connectivity index (χ2v) is 14.3. The third kappa shape index (κ3) is 5.78. The van der Waals surface area contributed by atoms with Crippen molar-refractivity contribution >= 4 is 29.3 Å². The van der Waals surface area contributed by atoms with Crippen molar-refractivity contribution in [3.8, 4) is 0 Å². The van der Waals surface area contributed by atoms with Crippen LogP contribution in [-0.4, -0.2) is 66.9 Å². The van der Waals surface area contributed by atoms with Crippen LogP contribution in [0.3, 0.4) is 0 Å². The zero-order chi connectivity index (χ0) is 30.8. The first-order chi connectivity index (χ1) is 22.1. The van der Waals surface area contributed by atoms with Gasteiger partial charge in [-0.1, -0.05) is 79.9 Å². The number of nitrogens with one attached hydrogen (secondary N) is 1. The largest absolute Gasteiger partial charge is 0.369 e. The van der Waals surface area contributed by atoms with Gasteiger partial charge in [-0.25, -0.2) is 0 Å². The van der Waals surface area contributed by atoms with Gasteiger partial charge in [0, 0.05) is 66.4 Å². The Hall–Kier alpha value is -3.29. The molecule has 3 aromatic carbocycles. The minimum atomic E-state index is -0.662. The van der Waals surface area contributed by atoms with Crippen LogP contribution in [0.15, 0.2) is 76.5 Å². The number of piperazine rings is 1. The lowest BCUT2D eigenvalue weighted by molar-refractivity contribution is -0.125. The maximum absolute atomic E-state index is 13.9. The predicted molar refractivity (Wildman–Crippen MR) is 182 cm³/mol. The van der Waals surface area contributed by atoms with E-state index in [9.17, 15) is 9.59 Å². The van der Waals surface area contributed by atoms with Crippen LogP contribution >= 0.6 is 11.8 Å². The maximum Gasteiger partial charge on any atom is 0.254 e. The second-order valence-electron chi connectivity index (χ2n) is 13.2. The Balaban J connectivity index is 0.968. The summed E-state index contributed by atoms with van der Waals surface area (Å²) in [6.07, 6.45) is 8.95. The summed E-state index contributed by atoms with van der Waals surface area (Å²) < 4.78 is 0. The van der Waals surface area contributed by atoms with Crippen molar-refractivity contribution in [2.75, 3.05) is 44.2 Å². The molecule has 0 bridgehead atoms. The summed E-state index contributed by atoms with van der Waals surface area (Å²) in [5.41, 5.74) is 4.92. The Bertz CT molecular complexity index is 1500. The Morgan fingerprint density at radius 2 is 1.58 bits per heavy atom. The van der Waals surface area contributed by atoms with E-state index in [0.717, 1.165) is 88.1 Å². The van der Waals surface area contributed by atoms with Crippen LogP contribution in [0.4, 0.5) is 5.69 Å². The van der Waals surface area contributed by atoms with E-state index < -0.39 is 5.41 Å². The lowest BCUT2D eigenvalue weighted by atomic mass is 9.69. The molecule has 4 aliphatic rings. The smallest absolute Gasteiger partial charge is 0.254 e. The molecule has 0 aromatic heterocycles. The standard InChI is InChI=1S/C38H46N4O2S/c1-2-39-37(44)38(32-14-6-8-16-34(32)45-35-17-9-7-15-33(35)38)20-10-11-21-40-22-24-41(25-23-40)30-19-18-28-27-42(36(43)31(28)26-30)29-12-4-3-5-13-29/h6-9,14-19,26,29H,2-5,10-13,20-25,27H2,1H3,(H,39,44). The summed E-state index contributed by atoms with van der Waals surface area (Å²) in [6.45, 7) is 8.43. The number of benzene rings is 3. The number of anilines is 1. The first-order valence-electron chi connectivity index (χ1n) is 17.1. The van der Waals surface area contributed by atoms with E-state index in [1.165, 1.54) is 40.3 Å². The predicted octanol–water partition coefficient (Wildman–Crippen LogP) is 6.85. The van der Waals surface area contributed by atoms with Crippen molar-refractivity contribution in [2.24, 2.45) is 0 Å². The molecular weight excluding hydrogens is 577 g/mol. The molecule has 2 amide bonds. The average Bonchev–Trinajstić information content (AvgIpc) is 3.42. The molecular formula is C38H46N4O2S. The number of likely N-dealkylation sites (N-methyl/N-ethyl adjacent to an activating group) is 1. The molecule has 1 aliphatic carbocycles. The van der Waals surface area contributed by atoms with Crippen molar-refractivity contribution in [3.05, 3.63) is 89.0 Å². The molecule has 0 atom stereocenters. The summed E-state index contributed by atoms with van der Waals surface area (Å²) >= 11 is 1.78. The molecule has 6 nitrogen and oxygen atoms in total. The normalized spacial score (nSPS) is 19.6. The van der Waals surface area contributed by atoms with Crippen molar-refractivity contribution in [1.82, 2.24) is 15.1 Å². The van der Waals surface area contributed by atoms with Crippen molar-refractivity contribution < 1.29 is 9.59 Å². The molecule has 1 saturated heterocycles. The topological polar surface area (TPSA) is 55.9 Å². The summed E-state index contributed by atoms with van der Waals surface area (Å²) in [6, 6.07) is 23.9. The van der Waals surface area contributed by atoms with Gasteiger partial charge in [-0.15, -0.1) is 0 Å². The number of carbonyl (C=O) groups is 2. The Kier molecular flexibility index (Phi) is 8.92. The molecule has 2 fully saturated rings. The minimum absolute atomic E-state index is 0.119. The molecule has 0 spiro atoms. The van der Waals surface area contributed by atoms with Crippen LogP contribution in [0.2, 0.25) is 0 Å². The molecule has 0 unspecified atom stereocenters. The Labute approximate surface area is 272 Å². The van der Waals surface area contributed by atoms with E-state index >= 15 is 0 Å². The van der Waals surface area contributed by atoms with Crippen molar-refractivity contribution in [1.29, 1.82) is 0 Å². The number of hydrogen-bond donors (Lipinski definition) is 1. The zero-order valence-electron chi connectivity index (χ0n) is 26.6. The van der Waals surface area contributed by atoms with Crippen LogP contribution in [0, 0.1) is 0 Å². The Morgan fingerprint density at radius 1 is 0.889 bits per heavy atom. The fourth-order valence-electron chi connectivity index (χ4n) is 8.17. The molecule has 1 saturated carbocycles. The van der Waals surface area contributed by atoms with E-state index in [4.69, 9.17) is 0 Å². The summed E-state index contributed by atoms with van der Waals surface area (Å²) in [4.78, 5) is 36.8. The van der Waals surface area contributed by atoms with Crippen LogP contribution in [-0.2, 0) is 16.8 Å². The summed E-state index contributed by atoms with van der Waals surface area (Å²) in [5, 5.41) is 3.20. The number of nitrogens with zero attached hydrogens (tertiary/aromatic N) is 3. The summed E-state index contributed by atoms with van der Waals surface area (Å²) in [7, 11) is 0. The van der Waals surface area contributed by atoms with Gasteiger partial charge in [0.15, 0.2) is 0 Å². The highest BCUT2D eigenvalue weighted by atomic mass is 32.2. The minimum Gasteiger partial charge on any atom is -0.369 e. The molecule has 0 radical (unpaired) electrons. The SMILES string of the molecule is CCNC(=O)C1(CCCCN2CCN(c3ccc4c(c3)C(=O)N(C3CCCCC3)C4)CC2)c2ccccc2Sc2ccccc21. The van der Waals surface area contributed by atoms with Gasteiger partial charge in [0.05, 0.1) is 0 Å². The van der Waals surface area contributed by atoms with Gasteiger partial charge in [-0.2, -0.15) is 0 Å². The van der Waals surface area contributed by atoms with Gasteiger partial charge in [0.2, 0.25) is 5.91 Å². The fourth-order valence-corrected chi connectivity index (χ4v) is 9.40. The van der Waals surface area contributed by atoms with Gasteiger partial charge < -0.3 is 15.1 Å². The molecule has 236 valence electrons. The maximum atomic E-state index is 13.9. The van der Waals surface area contributed by atoms with Gasteiger partial charge in [-0.05, 0) is 80.1 Å². The zero-order valence-corrected chi connectivity index (χ0v) is 27.4. The number of rotatable bonds is 9. The van der Waals surface area contributed by atoms with Crippen LogP contribution in [0.25, 0.3) is 0 Å². The highest BCUT2D eigenvalue weighted by Crippen LogP contribution is 2.51. The number of hydrogen-bond acceptors (Lipinski definition) is 5. The third-order valence-electron chi connectivity index (χ3n) is 10.6. The molecule has 3 heterocycles. The fraction of sp³-hybridized carbons (Fsp3) is 0.474. The van der Waals surface area contributed by atoms with E-state index in [0.29, 0.717) is 12.6 Å². The van der Waals surface area contributed by atoms with Gasteiger partial charge in [0.25, 0.3) is 5.91 Å². The van der Waals surface area contributed by atoms with Crippen molar-refractivity contribution in [2.45, 2.75) is 86.1 Å². The molecule has 1 N–H and O–H groups in total. The quantitative estimate of drug-likeness (QED) is 0.265. The first kappa shape index (κ1) is 30.4. The molecule has 45 heavy (non-hydrogen) atoms. The van der Waals surface area contributed by atoms with E-state index in [2.05, 4.69) is 86.7 Å². The van der Waals surface area contributed by atoms with E-state index in [1.54, 1.807) is 11.8 Å². The van der Waals surface area contributed by atoms with E-state index in [1.807, 2.05) is 6.92 Å². The van der Waals surface area contributed by atoms with Gasteiger partial charge in [0.1, 0.15) is 5.41 Å². The van der Waals surface area contributed by atoms with Gasteiger partial charge >= 0.3 is 0 Å². The highest BCUT2D eigenvalue weighted by molar-refractivity contribution is 7.99. The number of unbranched alkanes of at least 4 members (excludes halogenated alkanes) is 1. The monoisotopic (exact) mass is 622 g/mol. The highest BCUT2D eigenvalue weighted by Gasteiger charge is 2.46. The molecule has 3 aromatic rings. The van der Waals surface area contributed by atoms with Crippen LogP contribution in [0.1, 0.15) is 85.3 Å².